The predicted octanol–water partition coefficient (Wildman–Crippen LogP) is 1.12. The fraction of sp³-hybridized carbons (Fsp3) is 0.0714. The van der Waals surface area contributed by atoms with Crippen LogP contribution in [0, 0.1) is 0 Å². The quantitative estimate of drug-likeness (QED) is 0.826. The fourth-order valence-corrected chi connectivity index (χ4v) is 1.77. The summed E-state index contributed by atoms with van der Waals surface area (Å²) in [5.41, 5.74) is 6.82. The third kappa shape index (κ3) is 3.76. The number of hydrogen-bond acceptors (Lipinski definition) is 3. The highest BCUT2D eigenvalue weighted by molar-refractivity contribution is 7.80. The number of nitrogens with one attached hydrogen (secondary N) is 1. The van der Waals surface area contributed by atoms with Crippen LogP contribution in [0.5, 0.6) is 0 Å². The molecule has 102 valence electrons. The second kappa shape index (κ2) is 6.12. The Morgan fingerprint density at radius 2 is 1.75 bits per heavy atom. The van der Waals surface area contributed by atoms with E-state index in [1.165, 1.54) is 12.1 Å². The van der Waals surface area contributed by atoms with Gasteiger partial charge in [0.15, 0.2) is 5.43 Å². The van der Waals surface area contributed by atoms with Gasteiger partial charge in [-0.2, -0.15) is 0 Å². The Kier molecular flexibility index (Phi) is 4.27. The standard InChI is InChI=1S/C14H13N3O2S/c15-14(20)10-1-3-11(4-2-10)16-13(19)9-17-7-5-12(18)6-8-17/h1-8H,9H2,(H2,15,20)(H,16,19). The van der Waals surface area contributed by atoms with Gasteiger partial charge in [0, 0.05) is 35.8 Å². The van der Waals surface area contributed by atoms with Crippen LogP contribution in [0.1, 0.15) is 5.56 Å². The van der Waals surface area contributed by atoms with Crippen molar-refractivity contribution < 1.29 is 4.79 Å². The minimum atomic E-state index is -0.184. The van der Waals surface area contributed by atoms with Crippen LogP contribution < -0.4 is 16.5 Å². The smallest absolute Gasteiger partial charge is 0.244 e. The minimum Gasteiger partial charge on any atom is -0.389 e. The van der Waals surface area contributed by atoms with Crippen LogP contribution >= 0.6 is 12.2 Å². The number of thiocarbonyl (C=S) groups is 1. The second-order valence-corrected chi connectivity index (χ2v) is 4.64. The number of aromatic nitrogens is 1. The molecule has 0 aliphatic heterocycles. The highest BCUT2D eigenvalue weighted by Crippen LogP contribution is 2.09. The Hall–Kier alpha value is -2.47. The Morgan fingerprint density at radius 1 is 1.15 bits per heavy atom. The summed E-state index contributed by atoms with van der Waals surface area (Å²) in [6.45, 7) is 0.136. The molecule has 1 heterocycles. The number of hydrogen-bond donors (Lipinski definition) is 2. The van der Waals surface area contributed by atoms with Crippen molar-refractivity contribution in [3.05, 3.63) is 64.6 Å². The van der Waals surface area contributed by atoms with Crippen LogP contribution in [0.4, 0.5) is 5.69 Å². The molecule has 0 aliphatic carbocycles. The van der Waals surface area contributed by atoms with Crippen LogP contribution in [0.15, 0.2) is 53.6 Å². The number of amides is 1. The van der Waals surface area contributed by atoms with E-state index in [1.54, 1.807) is 41.2 Å². The number of rotatable bonds is 4. The number of carbonyl (C=O) groups excluding carboxylic acids is 1. The molecule has 0 spiro atoms. The summed E-state index contributed by atoms with van der Waals surface area (Å²) in [6.07, 6.45) is 3.13. The van der Waals surface area contributed by atoms with E-state index in [0.29, 0.717) is 10.7 Å². The van der Waals surface area contributed by atoms with Crippen molar-refractivity contribution in [1.29, 1.82) is 0 Å². The molecule has 2 aromatic rings. The molecule has 0 radical (unpaired) electrons. The van der Waals surface area contributed by atoms with Crippen LogP contribution in [-0.2, 0) is 11.3 Å². The van der Waals surface area contributed by atoms with Crippen molar-refractivity contribution in [2.75, 3.05) is 5.32 Å². The summed E-state index contributed by atoms with van der Waals surface area (Å²) >= 11 is 4.85. The molecule has 0 unspecified atom stereocenters. The monoisotopic (exact) mass is 287 g/mol. The van der Waals surface area contributed by atoms with Crippen LogP contribution in [0.2, 0.25) is 0 Å². The predicted molar refractivity (Wildman–Crippen MR) is 81.7 cm³/mol. The van der Waals surface area contributed by atoms with Crippen LogP contribution in [0.3, 0.4) is 0 Å². The molecule has 3 N–H and O–H groups in total. The lowest BCUT2D eigenvalue weighted by Gasteiger charge is -2.08. The first-order chi connectivity index (χ1) is 9.54. The van der Waals surface area contributed by atoms with Gasteiger partial charge in [-0.15, -0.1) is 0 Å². The number of nitrogens with zero attached hydrogens (tertiary/aromatic N) is 1. The number of pyridine rings is 1. The number of benzene rings is 1. The molecule has 5 nitrogen and oxygen atoms in total. The lowest BCUT2D eigenvalue weighted by Crippen LogP contribution is -2.19. The normalized spacial score (nSPS) is 10.0. The van der Waals surface area contributed by atoms with Gasteiger partial charge in [-0.25, -0.2) is 0 Å². The van der Waals surface area contributed by atoms with E-state index in [1.807, 2.05) is 0 Å². The molecule has 0 atom stereocenters. The van der Waals surface area contributed by atoms with Gasteiger partial charge in [0.2, 0.25) is 5.91 Å². The molecule has 1 aromatic heterocycles. The second-order valence-electron chi connectivity index (χ2n) is 4.20. The number of carbonyl (C=O) groups is 1. The maximum atomic E-state index is 11.8. The minimum absolute atomic E-state index is 0.0880. The van der Waals surface area contributed by atoms with E-state index in [2.05, 4.69) is 5.32 Å². The SMILES string of the molecule is NC(=S)c1ccc(NC(=O)Cn2ccc(=O)cc2)cc1. The highest BCUT2D eigenvalue weighted by atomic mass is 32.1. The molecule has 20 heavy (non-hydrogen) atoms. The topological polar surface area (TPSA) is 77.1 Å². The summed E-state index contributed by atoms with van der Waals surface area (Å²) in [5, 5.41) is 2.75. The molecule has 0 saturated heterocycles. The van der Waals surface area contributed by atoms with Gasteiger partial charge < -0.3 is 15.6 Å². The molecule has 1 amide bonds. The third-order valence-corrected chi connectivity index (χ3v) is 2.88. The number of nitrogens with two attached hydrogens (primary N) is 1. The molecule has 2 rings (SSSR count). The van der Waals surface area contributed by atoms with E-state index in [9.17, 15) is 9.59 Å². The summed E-state index contributed by atoms with van der Waals surface area (Å²) in [4.78, 5) is 23.1. The lowest BCUT2D eigenvalue weighted by molar-refractivity contribution is -0.116. The first-order valence-corrected chi connectivity index (χ1v) is 6.31. The molecule has 0 bridgehead atoms. The Bertz CT molecular complexity index is 672. The summed E-state index contributed by atoms with van der Waals surface area (Å²) < 4.78 is 1.63. The van der Waals surface area contributed by atoms with Crippen molar-refractivity contribution in [2.45, 2.75) is 6.54 Å². The lowest BCUT2D eigenvalue weighted by atomic mass is 10.2. The molecule has 0 saturated carbocycles. The van der Waals surface area contributed by atoms with E-state index >= 15 is 0 Å². The summed E-state index contributed by atoms with van der Waals surface area (Å²) in [5.74, 6) is -0.184. The van der Waals surface area contributed by atoms with Gasteiger partial charge in [-0.05, 0) is 24.3 Å². The van der Waals surface area contributed by atoms with Crippen molar-refractivity contribution >= 4 is 28.8 Å². The first kappa shape index (κ1) is 14.0. The zero-order chi connectivity index (χ0) is 14.5. The Labute approximate surface area is 121 Å². The van der Waals surface area contributed by atoms with E-state index in [0.717, 1.165) is 5.56 Å². The van der Waals surface area contributed by atoms with Crippen molar-refractivity contribution in [1.82, 2.24) is 4.57 Å². The number of anilines is 1. The van der Waals surface area contributed by atoms with E-state index in [-0.39, 0.29) is 17.9 Å². The molecule has 0 aliphatic rings. The maximum absolute atomic E-state index is 11.8. The molecule has 0 fully saturated rings. The molecular formula is C14H13N3O2S. The van der Waals surface area contributed by atoms with E-state index < -0.39 is 0 Å². The third-order valence-electron chi connectivity index (χ3n) is 2.64. The molecule has 1 aromatic carbocycles. The Morgan fingerprint density at radius 3 is 2.30 bits per heavy atom. The highest BCUT2D eigenvalue weighted by Gasteiger charge is 2.03. The van der Waals surface area contributed by atoms with Crippen molar-refractivity contribution in [3.8, 4) is 0 Å². The van der Waals surface area contributed by atoms with Gasteiger partial charge in [-0.1, -0.05) is 12.2 Å². The van der Waals surface area contributed by atoms with Gasteiger partial charge in [-0.3, -0.25) is 9.59 Å². The van der Waals surface area contributed by atoms with E-state index in [4.69, 9.17) is 18.0 Å². The van der Waals surface area contributed by atoms with Crippen LogP contribution in [-0.4, -0.2) is 15.5 Å². The van der Waals surface area contributed by atoms with Gasteiger partial charge in [0.1, 0.15) is 11.5 Å². The average molecular weight is 287 g/mol. The largest absolute Gasteiger partial charge is 0.389 e. The fourth-order valence-electron chi connectivity index (χ4n) is 1.63. The van der Waals surface area contributed by atoms with Crippen molar-refractivity contribution in [3.63, 3.8) is 0 Å². The van der Waals surface area contributed by atoms with Gasteiger partial charge >= 0.3 is 0 Å². The van der Waals surface area contributed by atoms with Gasteiger partial charge in [0.05, 0.1) is 0 Å². The van der Waals surface area contributed by atoms with Gasteiger partial charge in [0.25, 0.3) is 0 Å². The van der Waals surface area contributed by atoms with Crippen molar-refractivity contribution in [2.24, 2.45) is 5.73 Å². The molecule has 6 heteroatoms. The maximum Gasteiger partial charge on any atom is 0.244 e. The first-order valence-electron chi connectivity index (χ1n) is 5.90. The van der Waals surface area contributed by atoms with Crippen LogP contribution in [0.25, 0.3) is 0 Å². The zero-order valence-corrected chi connectivity index (χ0v) is 11.4. The Balaban J connectivity index is 1.99. The summed E-state index contributed by atoms with van der Waals surface area (Å²) in [6, 6.07) is 9.78. The average Bonchev–Trinajstić information content (AvgIpc) is 2.42. The zero-order valence-electron chi connectivity index (χ0n) is 10.6. The molecular weight excluding hydrogens is 274 g/mol. The summed E-state index contributed by atoms with van der Waals surface area (Å²) in [7, 11) is 0.